The molecule has 19 heavy (non-hydrogen) atoms. The third-order valence-electron chi connectivity index (χ3n) is 2.51. The van der Waals surface area contributed by atoms with E-state index in [0.717, 1.165) is 9.33 Å². The van der Waals surface area contributed by atoms with E-state index < -0.39 is 5.97 Å². The van der Waals surface area contributed by atoms with Crippen LogP contribution in [0.2, 0.25) is 0 Å². The first-order valence-corrected chi connectivity index (χ1v) is 6.63. The van der Waals surface area contributed by atoms with Gasteiger partial charge in [-0.2, -0.15) is 0 Å². The van der Waals surface area contributed by atoms with Gasteiger partial charge in [0.05, 0.1) is 0 Å². The zero-order chi connectivity index (χ0) is 13.2. The lowest BCUT2D eigenvalue weighted by Gasteiger charge is -1.97. The lowest BCUT2D eigenvalue weighted by Crippen LogP contribution is -2.04. The van der Waals surface area contributed by atoms with Gasteiger partial charge in [-0.25, -0.2) is 9.79 Å². The van der Waals surface area contributed by atoms with Crippen LogP contribution >= 0.6 is 22.6 Å². The fraction of sp³-hybridized carbons (Fsp3) is 0. The molecule has 2 heterocycles. The Labute approximate surface area is 122 Å². The standard InChI is InChI=1S/C14H8INO3/c15-12-7-6-10(18-12)8-11-14(17)19-13(16-11)9-4-2-1-3-5-9/h1-8H/b11-8-. The van der Waals surface area contributed by atoms with Crippen molar-refractivity contribution in [1.29, 1.82) is 0 Å². The molecule has 0 atom stereocenters. The molecule has 1 aliphatic heterocycles. The van der Waals surface area contributed by atoms with Crippen LogP contribution in [0.15, 0.2) is 57.6 Å². The number of halogens is 1. The van der Waals surface area contributed by atoms with E-state index >= 15 is 0 Å². The maximum Gasteiger partial charge on any atom is 0.363 e. The summed E-state index contributed by atoms with van der Waals surface area (Å²) in [6.45, 7) is 0. The molecule has 0 N–H and O–H groups in total. The van der Waals surface area contributed by atoms with Crippen molar-refractivity contribution in [3.05, 3.63) is 63.3 Å². The third kappa shape index (κ3) is 2.60. The maximum absolute atomic E-state index is 11.7. The van der Waals surface area contributed by atoms with E-state index in [9.17, 15) is 4.79 Å². The average molecular weight is 365 g/mol. The number of nitrogens with zero attached hydrogens (tertiary/aromatic N) is 1. The van der Waals surface area contributed by atoms with Crippen LogP contribution in [0, 0.1) is 3.77 Å². The molecule has 1 aliphatic rings. The number of rotatable bonds is 2. The highest BCUT2D eigenvalue weighted by atomic mass is 127. The number of ether oxygens (including phenoxy) is 1. The predicted molar refractivity (Wildman–Crippen MR) is 78.5 cm³/mol. The molecule has 0 spiro atoms. The van der Waals surface area contributed by atoms with Gasteiger partial charge in [-0.15, -0.1) is 0 Å². The summed E-state index contributed by atoms with van der Waals surface area (Å²) < 4.78 is 11.3. The summed E-state index contributed by atoms with van der Waals surface area (Å²) in [5, 5.41) is 0. The number of hydrogen-bond donors (Lipinski definition) is 0. The van der Waals surface area contributed by atoms with E-state index in [-0.39, 0.29) is 5.70 Å². The smallest absolute Gasteiger partial charge is 0.363 e. The van der Waals surface area contributed by atoms with E-state index in [1.807, 2.05) is 36.4 Å². The lowest BCUT2D eigenvalue weighted by atomic mass is 10.2. The number of carbonyl (C=O) groups excluding carboxylic acids is 1. The molecule has 0 bridgehead atoms. The van der Waals surface area contributed by atoms with Gasteiger partial charge in [0.2, 0.25) is 5.90 Å². The molecule has 0 radical (unpaired) electrons. The Kier molecular flexibility index (Phi) is 3.20. The minimum Gasteiger partial charge on any atom is -0.451 e. The van der Waals surface area contributed by atoms with Crippen LogP contribution in [-0.4, -0.2) is 11.9 Å². The zero-order valence-corrected chi connectivity index (χ0v) is 11.8. The van der Waals surface area contributed by atoms with Gasteiger partial charge in [-0.3, -0.25) is 0 Å². The van der Waals surface area contributed by atoms with E-state index in [0.29, 0.717) is 11.7 Å². The largest absolute Gasteiger partial charge is 0.451 e. The molecule has 4 nitrogen and oxygen atoms in total. The van der Waals surface area contributed by atoms with Crippen molar-refractivity contribution in [2.45, 2.75) is 0 Å². The summed E-state index contributed by atoms with van der Waals surface area (Å²) in [5.74, 6) is 0.428. The summed E-state index contributed by atoms with van der Waals surface area (Å²) in [7, 11) is 0. The number of esters is 1. The van der Waals surface area contributed by atoms with Crippen LogP contribution in [0.5, 0.6) is 0 Å². The Morgan fingerprint density at radius 3 is 2.58 bits per heavy atom. The molecule has 1 aromatic carbocycles. The SMILES string of the molecule is O=C1OC(c2ccccc2)=N/C1=C\c1ccc(I)o1. The van der Waals surface area contributed by atoms with Gasteiger partial charge < -0.3 is 9.15 Å². The number of furan rings is 1. The van der Waals surface area contributed by atoms with Crippen LogP contribution in [0.1, 0.15) is 11.3 Å². The maximum atomic E-state index is 11.7. The Hall–Kier alpha value is -1.89. The van der Waals surface area contributed by atoms with Crippen molar-refractivity contribution >= 4 is 40.5 Å². The van der Waals surface area contributed by atoms with Crippen molar-refractivity contribution < 1.29 is 13.9 Å². The molecular weight excluding hydrogens is 357 g/mol. The van der Waals surface area contributed by atoms with Crippen molar-refractivity contribution in [2.24, 2.45) is 4.99 Å². The van der Waals surface area contributed by atoms with Gasteiger partial charge >= 0.3 is 5.97 Å². The second-order valence-electron chi connectivity index (χ2n) is 3.84. The number of aliphatic imine (C=N–C) groups is 1. The Morgan fingerprint density at radius 2 is 1.89 bits per heavy atom. The zero-order valence-electron chi connectivity index (χ0n) is 9.67. The summed E-state index contributed by atoms with van der Waals surface area (Å²) >= 11 is 2.06. The monoisotopic (exact) mass is 365 g/mol. The first-order chi connectivity index (χ1) is 9.22. The molecule has 0 saturated heterocycles. The fourth-order valence-electron chi connectivity index (χ4n) is 1.65. The van der Waals surface area contributed by atoms with E-state index in [4.69, 9.17) is 9.15 Å². The quantitative estimate of drug-likeness (QED) is 0.467. The summed E-state index contributed by atoms with van der Waals surface area (Å²) in [5.41, 5.74) is 1.01. The van der Waals surface area contributed by atoms with Gasteiger partial charge in [-0.05, 0) is 46.9 Å². The topological polar surface area (TPSA) is 51.8 Å². The highest BCUT2D eigenvalue weighted by molar-refractivity contribution is 14.1. The van der Waals surface area contributed by atoms with E-state index in [1.54, 1.807) is 12.1 Å². The summed E-state index contributed by atoms with van der Waals surface area (Å²) in [6.07, 6.45) is 1.57. The molecule has 2 aromatic rings. The fourth-order valence-corrected chi connectivity index (χ4v) is 2.09. The molecule has 5 heteroatoms. The molecule has 0 amide bonds. The van der Waals surface area contributed by atoms with Gasteiger partial charge in [0.15, 0.2) is 9.46 Å². The molecule has 94 valence electrons. The number of benzene rings is 1. The van der Waals surface area contributed by atoms with Crippen LogP contribution in [0.25, 0.3) is 6.08 Å². The van der Waals surface area contributed by atoms with Crippen molar-refractivity contribution in [2.75, 3.05) is 0 Å². The Balaban J connectivity index is 1.94. The predicted octanol–water partition coefficient (Wildman–Crippen LogP) is 3.23. The average Bonchev–Trinajstić information content (AvgIpc) is 2.98. The number of hydrogen-bond acceptors (Lipinski definition) is 4. The van der Waals surface area contributed by atoms with Crippen LogP contribution < -0.4 is 0 Å². The molecule has 3 rings (SSSR count). The molecule has 0 aliphatic carbocycles. The van der Waals surface area contributed by atoms with Gasteiger partial charge in [0.25, 0.3) is 0 Å². The lowest BCUT2D eigenvalue weighted by molar-refractivity contribution is -0.129. The first kappa shape index (κ1) is 12.2. The second-order valence-corrected chi connectivity index (χ2v) is 4.91. The Morgan fingerprint density at radius 1 is 1.11 bits per heavy atom. The minimum absolute atomic E-state index is 0.240. The van der Waals surface area contributed by atoms with E-state index in [2.05, 4.69) is 27.6 Å². The van der Waals surface area contributed by atoms with Crippen molar-refractivity contribution in [3.8, 4) is 0 Å². The van der Waals surface area contributed by atoms with E-state index in [1.165, 1.54) is 0 Å². The van der Waals surface area contributed by atoms with Crippen LogP contribution in [0.3, 0.4) is 0 Å². The minimum atomic E-state index is -0.467. The van der Waals surface area contributed by atoms with Crippen LogP contribution in [0.4, 0.5) is 0 Å². The van der Waals surface area contributed by atoms with Gasteiger partial charge in [0, 0.05) is 11.6 Å². The third-order valence-corrected chi connectivity index (χ3v) is 3.09. The second kappa shape index (κ2) is 5.00. The molecule has 0 fully saturated rings. The van der Waals surface area contributed by atoms with Gasteiger partial charge in [0.1, 0.15) is 5.76 Å². The molecule has 0 unspecified atom stereocenters. The Bertz CT molecular complexity index is 686. The van der Waals surface area contributed by atoms with Crippen LogP contribution in [-0.2, 0) is 9.53 Å². The van der Waals surface area contributed by atoms with Crippen molar-refractivity contribution in [3.63, 3.8) is 0 Å². The first-order valence-electron chi connectivity index (χ1n) is 5.56. The summed E-state index contributed by atoms with van der Waals surface area (Å²) in [6, 6.07) is 12.9. The molecular formula is C14H8INO3. The highest BCUT2D eigenvalue weighted by Gasteiger charge is 2.24. The van der Waals surface area contributed by atoms with Crippen molar-refractivity contribution in [1.82, 2.24) is 0 Å². The number of carbonyl (C=O) groups is 1. The number of cyclic esters (lactones) is 1. The van der Waals surface area contributed by atoms with Gasteiger partial charge in [-0.1, -0.05) is 18.2 Å². The highest BCUT2D eigenvalue weighted by Crippen LogP contribution is 2.20. The molecule has 0 saturated carbocycles. The molecule has 1 aromatic heterocycles. The normalized spacial score (nSPS) is 16.6. The summed E-state index contributed by atoms with van der Waals surface area (Å²) in [4.78, 5) is 15.9.